The Kier molecular flexibility index (Phi) is 4.24. The third-order valence-electron chi connectivity index (χ3n) is 3.88. The van der Waals surface area contributed by atoms with Gasteiger partial charge in [-0.1, -0.05) is 5.16 Å². The van der Waals surface area contributed by atoms with Gasteiger partial charge in [-0.2, -0.15) is 4.98 Å². The molecule has 25 heavy (non-hydrogen) atoms. The summed E-state index contributed by atoms with van der Waals surface area (Å²) >= 11 is 1.34. The highest BCUT2D eigenvalue weighted by atomic mass is 32.1. The number of ether oxygens (including phenoxy) is 1. The lowest BCUT2D eigenvalue weighted by molar-refractivity contribution is -0.00602. The van der Waals surface area contributed by atoms with Gasteiger partial charge in [-0.15, -0.1) is 11.3 Å². The van der Waals surface area contributed by atoms with E-state index >= 15 is 0 Å². The van der Waals surface area contributed by atoms with Crippen molar-refractivity contribution in [1.29, 1.82) is 0 Å². The number of rotatable bonds is 3. The number of hydrogen-bond donors (Lipinski definition) is 0. The smallest absolute Gasteiger partial charge is 0.274 e. The van der Waals surface area contributed by atoms with E-state index in [1.165, 1.54) is 29.9 Å². The Balaban J connectivity index is 1.58. The maximum absolute atomic E-state index is 13.0. The Morgan fingerprint density at radius 3 is 2.92 bits per heavy atom. The summed E-state index contributed by atoms with van der Waals surface area (Å²) in [5.74, 6) is -0.127. The number of carbonyl (C=O) groups excluding carboxylic acids is 1. The van der Waals surface area contributed by atoms with Crippen molar-refractivity contribution in [3.63, 3.8) is 0 Å². The lowest BCUT2D eigenvalue weighted by Crippen LogP contribution is -2.44. The van der Waals surface area contributed by atoms with Gasteiger partial charge in [0, 0.05) is 17.5 Å². The van der Waals surface area contributed by atoms with E-state index in [9.17, 15) is 9.18 Å². The number of thiazole rings is 1. The minimum absolute atomic E-state index is 0.220. The molecule has 7 nitrogen and oxygen atoms in total. The van der Waals surface area contributed by atoms with E-state index in [1.807, 2.05) is 0 Å². The first-order chi connectivity index (χ1) is 12.2. The summed E-state index contributed by atoms with van der Waals surface area (Å²) in [5, 5.41) is 6.17. The Labute approximate surface area is 146 Å². The van der Waals surface area contributed by atoms with E-state index in [-0.39, 0.29) is 11.7 Å². The van der Waals surface area contributed by atoms with E-state index in [0.717, 1.165) is 5.56 Å². The second kappa shape index (κ2) is 6.69. The van der Waals surface area contributed by atoms with E-state index < -0.39 is 6.04 Å². The van der Waals surface area contributed by atoms with Gasteiger partial charge in [-0.3, -0.25) is 4.79 Å². The number of halogens is 1. The molecule has 0 radical (unpaired) electrons. The summed E-state index contributed by atoms with van der Waals surface area (Å²) in [7, 11) is 0. The minimum atomic E-state index is -0.407. The van der Waals surface area contributed by atoms with Gasteiger partial charge in [0.2, 0.25) is 6.39 Å². The van der Waals surface area contributed by atoms with Crippen LogP contribution in [0.5, 0.6) is 0 Å². The van der Waals surface area contributed by atoms with Crippen LogP contribution in [0, 0.1) is 5.82 Å². The van der Waals surface area contributed by atoms with Gasteiger partial charge in [0.05, 0.1) is 13.2 Å². The lowest BCUT2D eigenvalue weighted by Gasteiger charge is -2.33. The summed E-state index contributed by atoms with van der Waals surface area (Å²) in [6.45, 7) is 1.16. The molecule has 3 heterocycles. The molecule has 128 valence electrons. The second-order valence-electron chi connectivity index (χ2n) is 5.42. The zero-order valence-corrected chi connectivity index (χ0v) is 13.8. The number of nitrogens with zero attached hydrogens (tertiary/aromatic N) is 4. The Morgan fingerprint density at radius 1 is 1.32 bits per heavy atom. The maximum Gasteiger partial charge on any atom is 0.274 e. The average molecular weight is 360 g/mol. The molecule has 1 aliphatic heterocycles. The van der Waals surface area contributed by atoms with Gasteiger partial charge in [-0.25, -0.2) is 9.37 Å². The van der Waals surface area contributed by atoms with Gasteiger partial charge in [0.15, 0.2) is 5.82 Å². The van der Waals surface area contributed by atoms with Crippen molar-refractivity contribution in [2.75, 3.05) is 19.8 Å². The number of benzene rings is 1. The van der Waals surface area contributed by atoms with Crippen LogP contribution >= 0.6 is 11.3 Å². The summed E-state index contributed by atoms with van der Waals surface area (Å²) in [6, 6.07) is 5.60. The highest BCUT2D eigenvalue weighted by Crippen LogP contribution is 2.27. The number of hydrogen-bond acceptors (Lipinski definition) is 7. The first-order valence-corrected chi connectivity index (χ1v) is 8.47. The van der Waals surface area contributed by atoms with E-state index in [2.05, 4.69) is 15.1 Å². The average Bonchev–Trinajstić information content (AvgIpc) is 3.34. The Bertz CT molecular complexity index is 866. The third-order valence-corrected chi connectivity index (χ3v) is 4.77. The zero-order chi connectivity index (χ0) is 17.2. The molecule has 0 N–H and O–H groups in total. The highest BCUT2D eigenvalue weighted by molar-refractivity contribution is 7.13. The highest BCUT2D eigenvalue weighted by Gasteiger charge is 2.33. The normalized spacial score (nSPS) is 17.6. The predicted octanol–water partition coefficient (Wildman–Crippen LogP) is 2.55. The van der Waals surface area contributed by atoms with Gasteiger partial charge in [0.1, 0.15) is 22.6 Å². The topological polar surface area (TPSA) is 81.4 Å². The quantitative estimate of drug-likeness (QED) is 0.714. The van der Waals surface area contributed by atoms with Crippen LogP contribution in [0.25, 0.3) is 10.6 Å². The zero-order valence-electron chi connectivity index (χ0n) is 13.0. The van der Waals surface area contributed by atoms with Gasteiger partial charge >= 0.3 is 0 Å². The molecular formula is C16H13FN4O3S. The molecule has 1 aliphatic rings. The molecule has 3 aromatic rings. The monoisotopic (exact) mass is 360 g/mol. The third kappa shape index (κ3) is 3.15. The van der Waals surface area contributed by atoms with Gasteiger partial charge in [0.25, 0.3) is 5.91 Å². The number of aromatic nitrogens is 3. The summed E-state index contributed by atoms with van der Waals surface area (Å²) < 4.78 is 23.3. The minimum Gasteiger partial charge on any atom is -0.377 e. The van der Waals surface area contributed by atoms with Crippen molar-refractivity contribution < 1.29 is 18.4 Å². The van der Waals surface area contributed by atoms with Crippen molar-refractivity contribution in [3.8, 4) is 10.6 Å². The number of carbonyl (C=O) groups is 1. The lowest BCUT2D eigenvalue weighted by atomic mass is 10.2. The fraction of sp³-hybridized carbons (Fsp3) is 0.250. The van der Waals surface area contributed by atoms with Crippen molar-refractivity contribution in [2.45, 2.75) is 6.04 Å². The van der Waals surface area contributed by atoms with E-state index in [4.69, 9.17) is 9.26 Å². The molecule has 0 spiro atoms. The molecule has 1 aromatic carbocycles. The molecule has 9 heteroatoms. The molecule has 2 aromatic heterocycles. The molecule has 1 atom stereocenters. The van der Waals surface area contributed by atoms with E-state index in [0.29, 0.717) is 36.3 Å². The Hall–Kier alpha value is -2.65. The van der Waals surface area contributed by atoms with Crippen LogP contribution in [0.15, 0.2) is 40.6 Å². The molecule has 1 saturated heterocycles. The van der Waals surface area contributed by atoms with Crippen LogP contribution < -0.4 is 0 Å². The number of amides is 1. The fourth-order valence-corrected chi connectivity index (χ4v) is 3.43. The SMILES string of the molecule is O=C(c1csc(-c2ccc(F)cc2)n1)N1CCOC[C@H]1c1ncon1. The second-order valence-corrected chi connectivity index (χ2v) is 6.28. The molecule has 1 amide bonds. The molecule has 1 fully saturated rings. The Morgan fingerprint density at radius 2 is 2.16 bits per heavy atom. The molecule has 4 rings (SSSR count). The van der Waals surface area contributed by atoms with Crippen molar-refractivity contribution in [2.24, 2.45) is 0 Å². The van der Waals surface area contributed by atoms with Crippen molar-refractivity contribution in [3.05, 3.63) is 53.4 Å². The molecule has 0 saturated carbocycles. The molecule has 0 bridgehead atoms. The van der Waals surface area contributed by atoms with Crippen LogP contribution in [0.4, 0.5) is 4.39 Å². The fourth-order valence-electron chi connectivity index (χ4n) is 2.63. The molecule has 0 unspecified atom stereocenters. The van der Waals surface area contributed by atoms with Crippen molar-refractivity contribution >= 4 is 17.2 Å². The van der Waals surface area contributed by atoms with Crippen LogP contribution in [-0.2, 0) is 4.74 Å². The van der Waals surface area contributed by atoms with Crippen LogP contribution in [0.1, 0.15) is 22.4 Å². The van der Waals surface area contributed by atoms with Crippen LogP contribution in [0.3, 0.4) is 0 Å². The predicted molar refractivity (Wildman–Crippen MR) is 86.4 cm³/mol. The first kappa shape index (κ1) is 15.9. The largest absolute Gasteiger partial charge is 0.377 e. The summed E-state index contributed by atoms with van der Waals surface area (Å²) in [5.41, 5.74) is 1.10. The van der Waals surface area contributed by atoms with Gasteiger partial charge < -0.3 is 14.2 Å². The summed E-state index contributed by atoms with van der Waals surface area (Å²) in [4.78, 5) is 22.9. The van der Waals surface area contributed by atoms with Crippen LogP contribution in [0.2, 0.25) is 0 Å². The summed E-state index contributed by atoms with van der Waals surface area (Å²) in [6.07, 6.45) is 1.22. The van der Waals surface area contributed by atoms with Crippen molar-refractivity contribution in [1.82, 2.24) is 20.0 Å². The first-order valence-electron chi connectivity index (χ1n) is 7.59. The maximum atomic E-state index is 13.0. The van der Waals surface area contributed by atoms with E-state index in [1.54, 1.807) is 22.4 Å². The number of morpholine rings is 1. The van der Waals surface area contributed by atoms with Gasteiger partial charge in [-0.05, 0) is 24.3 Å². The van der Waals surface area contributed by atoms with Crippen LogP contribution in [-0.4, -0.2) is 45.7 Å². The molecule has 0 aliphatic carbocycles. The molecular weight excluding hydrogens is 347 g/mol. The standard InChI is InChI=1S/C16H13FN4O3S/c17-11-3-1-10(2-4-11)15-19-12(8-25-15)16(22)21-5-6-23-7-13(21)14-18-9-24-20-14/h1-4,8-9,13H,5-7H2/t13-/m0/s1.